The van der Waals surface area contributed by atoms with Gasteiger partial charge in [-0.1, -0.05) is 6.42 Å². The maximum absolute atomic E-state index is 13.3. The molecule has 0 aromatic heterocycles. The number of nitrogens with zero attached hydrogens (tertiary/aromatic N) is 1. The van der Waals surface area contributed by atoms with E-state index in [1.165, 1.54) is 19.2 Å². The number of thiol groups is 1. The molecule has 0 aliphatic heterocycles. The zero-order valence-electron chi connectivity index (χ0n) is 15.9. The van der Waals surface area contributed by atoms with Crippen molar-refractivity contribution in [3.63, 3.8) is 0 Å². The molecule has 0 saturated carbocycles. The van der Waals surface area contributed by atoms with Gasteiger partial charge in [0.2, 0.25) is 0 Å². The molecule has 0 atom stereocenters. The Hall–Kier alpha value is -2.60. The Morgan fingerprint density at radius 3 is 2.36 bits per heavy atom. The van der Waals surface area contributed by atoms with Gasteiger partial charge in [0.05, 0.1) is 18.5 Å². The highest BCUT2D eigenvalue weighted by Crippen LogP contribution is 2.18. The van der Waals surface area contributed by atoms with Crippen LogP contribution in [0, 0.1) is 5.82 Å². The molecule has 0 aliphatic carbocycles. The third-order valence-electron chi connectivity index (χ3n) is 4.14. The second-order valence-electron chi connectivity index (χ2n) is 6.38. The summed E-state index contributed by atoms with van der Waals surface area (Å²) in [6.07, 6.45) is 5.46. The number of hydrogen-bond acceptors (Lipinski definition) is 5. The zero-order chi connectivity index (χ0) is 20.4. The van der Waals surface area contributed by atoms with E-state index in [1.54, 1.807) is 12.1 Å². The van der Waals surface area contributed by atoms with Crippen molar-refractivity contribution >= 4 is 30.0 Å². The van der Waals surface area contributed by atoms with Gasteiger partial charge in [-0.25, -0.2) is 9.38 Å². The van der Waals surface area contributed by atoms with E-state index in [-0.39, 0.29) is 11.8 Å². The average Bonchev–Trinajstić information content (AvgIpc) is 2.69. The van der Waals surface area contributed by atoms with Gasteiger partial charge in [0.1, 0.15) is 5.82 Å². The molecule has 0 bridgehead atoms. The molecule has 0 amide bonds. The van der Waals surface area contributed by atoms with E-state index in [2.05, 4.69) is 22.4 Å². The van der Waals surface area contributed by atoms with Crippen molar-refractivity contribution in [2.45, 2.75) is 37.0 Å². The van der Waals surface area contributed by atoms with Crippen LogP contribution in [-0.2, 0) is 9.53 Å². The molecule has 6 heteroatoms. The lowest BCUT2D eigenvalue weighted by Gasteiger charge is -2.07. The van der Waals surface area contributed by atoms with E-state index in [4.69, 9.17) is 5.73 Å². The summed E-state index contributed by atoms with van der Waals surface area (Å²) in [5.74, 6) is -0.494. The third-order valence-corrected chi connectivity index (χ3v) is 4.43. The summed E-state index contributed by atoms with van der Waals surface area (Å²) < 4.78 is 17.9. The Kier molecular flexibility index (Phi) is 8.75. The van der Waals surface area contributed by atoms with Gasteiger partial charge >= 0.3 is 5.97 Å². The number of allylic oxidation sites excluding steroid dienone is 2. The molecule has 0 heterocycles. The maximum atomic E-state index is 13.3. The molecular formula is C22H25FN2O2S. The van der Waals surface area contributed by atoms with E-state index in [1.807, 2.05) is 30.3 Å². The minimum absolute atomic E-state index is 0.193. The molecule has 4 nitrogen and oxygen atoms in total. The van der Waals surface area contributed by atoms with Crippen LogP contribution in [0.25, 0.3) is 0 Å². The van der Waals surface area contributed by atoms with Crippen LogP contribution in [0.5, 0.6) is 0 Å². The molecule has 2 N–H and O–H groups in total. The fraction of sp³-hybridized carbons (Fsp3) is 0.273. The van der Waals surface area contributed by atoms with E-state index in [9.17, 15) is 9.18 Å². The van der Waals surface area contributed by atoms with Crippen molar-refractivity contribution in [2.24, 2.45) is 10.7 Å². The van der Waals surface area contributed by atoms with Crippen molar-refractivity contribution in [3.8, 4) is 0 Å². The lowest BCUT2D eigenvalue weighted by atomic mass is 10.1. The van der Waals surface area contributed by atoms with Crippen LogP contribution in [0.2, 0.25) is 0 Å². The molecule has 0 aliphatic rings. The van der Waals surface area contributed by atoms with Crippen LogP contribution in [0.15, 0.2) is 70.2 Å². The van der Waals surface area contributed by atoms with Crippen LogP contribution in [0.3, 0.4) is 0 Å². The predicted octanol–water partition coefficient (Wildman–Crippen LogP) is 5.20. The summed E-state index contributed by atoms with van der Waals surface area (Å²) in [6, 6.07) is 13.6. The highest BCUT2D eigenvalue weighted by atomic mass is 32.1. The van der Waals surface area contributed by atoms with Crippen LogP contribution in [0.4, 0.5) is 10.1 Å². The number of hydrogen-bond donors (Lipinski definition) is 2. The number of nitrogens with two attached hydrogens (primary N) is 1. The van der Waals surface area contributed by atoms with Crippen molar-refractivity contribution in [1.29, 1.82) is 0 Å². The summed E-state index contributed by atoms with van der Waals surface area (Å²) in [5.41, 5.74) is 9.09. The number of unbranched alkanes of at least 4 members (excludes halogenated alkanes) is 2. The van der Waals surface area contributed by atoms with Gasteiger partial charge in [0.25, 0.3) is 0 Å². The molecular weight excluding hydrogens is 375 g/mol. The van der Waals surface area contributed by atoms with Crippen molar-refractivity contribution in [2.75, 3.05) is 7.11 Å². The van der Waals surface area contributed by atoms with E-state index in [0.717, 1.165) is 35.4 Å². The first-order valence-corrected chi connectivity index (χ1v) is 9.59. The Bertz CT molecular complexity index is 831. The average molecular weight is 401 g/mol. The molecule has 0 radical (unpaired) electrons. The second kappa shape index (κ2) is 11.3. The molecule has 0 unspecified atom stereocenters. The number of halogens is 1. The Labute approximate surface area is 170 Å². The zero-order valence-corrected chi connectivity index (χ0v) is 16.8. The van der Waals surface area contributed by atoms with Gasteiger partial charge in [0.15, 0.2) is 0 Å². The smallest absolute Gasteiger partial charge is 0.305 e. The normalized spacial score (nSPS) is 12.1. The molecule has 0 saturated heterocycles. The fourth-order valence-electron chi connectivity index (χ4n) is 2.59. The Morgan fingerprint density at radius 1 is 1.07 bits per heavy atom. The number of benzene rings is 2. The lowest BCUT2D eigenvalue weighted by molar-refractivity contribution is -0.140. The predicted molar refractivity (Wildman–Crippen MR) is 114 cm³/mol. The quantitative estimate of drug-likeness (QED) is 0.263. The minimum Gasteiger partial charge on any atom is -0.469 e. The topological polar surface area (TPSA) is 64.7 Å². The number of aliphatic imine (C=N–C) groups is 1. The highest BCUT2D eigenvalue weighted by molar-refractivity contribution is 7.80. The minimum atomic E-state index is -0.301. The van der Waals surface area contributed by atoms with Crippen LogP contribution < -0.4 is 5.73 Å². The Balaban J connectivity index is 2.10. The number of rotatable bonds is 9. The number of ether oxygens (including phenoxy) is 1. The molecule has 2 aromatic carbocycles. The van der Waals surface area contributed by atoms with Gasteiger partial charge in [-0.15, -0.1) is 12.6 Å². The van der Waals surface area contributed by atoms with Crippen LogP contribution in [0.1, 0.15) is 37.7 Å². The molecule has 0 fully saturated rings. The monoisotopic (exact) mass is 400 g/mol. The summed E-state index contributed by atoms with van der Waals surface area (Å²) in [6.45, 7) is 0. The van der Waals surface area contributed by atoms with E-state index < -0.39 is 0 Å². The third kappa shape index (κ3) is 7.56. The number of carbonyl (C=O) groups is 1. The SMILES string of the molecule is COC(=O)CCCCC/C(N)=C/C(=Nc1ccc(S)cc1)c1ccc(F)cc1. The standard InChI is InChI=1S/C22H25FN2O2S/c1-27-22(26)6-4-2-3-5-18(24)15-21(16-7-9-17(23)10-8-16)25-19-11-13-20(28)14-12-19/h7-15,28H,2-6,24H2,1H3/b18-15-,25-21?. The molecule has 2 rings (SSSR count). The lowest BCUT2D eigenvalue weighted by Crippen LogP contribution is -2.05. The molecule has 0 spiro atoms. The van der Waals surface area contributed by atoms with Crippen molar-refractivity contribution in [3.05, 3.63) is 71.7 Å². The largest absolute Gasteiger partial charge is 0.469 e. The molecule has 28 heavy (non-hydrogen) atoms. The fourth-order valence-corrected chi connectivity index (χ4v) is 2.74. The van der Waals surface area contributed by atoms with Gasteiger partial charge in [-0.3, -0.25) is 4.79 Å². The van der Waals surface area contributed by atoms with Gasteiger partial charge in [-0.2, -0.15) is 0 Å². The summed E-state index contributed by atoms with van der Waals surface area (Å²) in [4.78, 5) is 16.6. The van der Waals surface area contributed by atoms with Gasteiger partial charge in [0, 0.05) is 22.6 Å². The Morgan fingerprint density at radius 2 is 1.71 bits per heavy atom. The van der Waals surface area contributed by atoms with Crippen LogP contribution >= 0.6 is 12.6 Å². The van der Waals surface area contributed by atoms with Gasteiger partial charge in [-0.05, 0) is 73.9 Å². The molecule has 2 aromatic rings. The first-order chi connectivity index (χ1) is 13.5. The number of esters is 1. The van der Waals surface area contributed by atoms with E-state index in [0.29, 0.717) is 24.3 Å². The van der Waals surface area contributed by atoms with E-state index >= 15 is 0 Å². The van der Waals surface area contributed by atoms with Crippen molar-refractivity contribution in [1.82, 2.24) is 0 Å². The number of methoxy groups -OCH3 is 1. The number of carbonyl (C=O) groups excluding carboxylic acids is 1. The van der Waals surface area contributed by atoms with Gasteiger partial charge < -0.3 is 10.5 Å². The summed E-state index contributed by atoms with van der Waals surface area (Å²) >= 11 is 4.28. The van der Waals surface area contributed by atoms with Crippen LogP contribution in [-0.4, -0.2) is 18.8 Å². The van der Waals surface area contributed by atoms with Crippen molar-refractivity contribution < 1.29 is 13.9 Å². The first-order valence-electron chi connectivity index (χ1n) is 9.14. The molecule has 148 valence electrons. The summed E-state index contributed by atoms with van der Waals surface area (Å²) in [7, 11) is 1.39. The first kappa shape index (κ1) is 21.7. The maximum Gasteiger partial charge on any atom is 0.305 e. The highest BCUT2D eigenvalue weighted by Gasteiger charge is 2.05. The second-order valence-corrected chi connectivity index (χ2v) is 6.89. The summed E-state index contributed by atoms with van der Waals surface area (Å²) in [5, 5.41) is 0.